The maximum absolute atomic E-state index is 13.9. The molecule has 0 bridgehead atoms. The summed E-state index contributed by atoms with van der Waals surface area (Å²) in [5.41, 5.74) is 6.31. The van der Waals surface area contributed by atoms with Gasteiger partial charge in [0, 0.05) is 41.5 Å². The average Bonchev–Trinajstić information content (AvgIpc) is 3.38. The van der Waals surface area contributed by atoms with E-state index in [4.69, 9.17) is 54.9 Å². The molecule has 7 aromatic rings. The van der Waals surface area contributed by atoms with Gasteiger partial charge >= 0.3 is 11.4 Å². The Bertz CT molecular complexity index is 3460. The van der Waals surface area contributed by atoms with Crippen molar-refractivity contribution in [1.82, 2.24) is 19.9 Å². The Hall–Kier alpha value is -7.08. The minimum atomic E-state index is -4.02. The van der Waals surface area contributed by atoms with E-state index in [9.17, 15) is 46.6 Å². The Morgan fingerprint density at radius 3 is 1.58 bits per heavy atom. The number of unbranched alkanes of at least 4 members (excludes halogenated alkanes) is 1. The topological polar surface area (TPSA) is 327 Å². The summed E-state index contributed by atoms with van der Waals surface area (Å²) < 4.78 is 90.9. The smallest absolute Gasteiger partial charge is 0.307 e. The molecular weight excluding hydrogens is 1160 g/mol. The van der Waals surface area contributed by atoms with Crippen LogP contribution in [0.5, 0.6) is 11.5 Å². The monoisotopic (exact) mass is 1210 g/mol. The van der Waals surface area contributed by atoms with Crippen LogP contribution in [0, 0.1) is 38.8 Å². The standard InChI is InChI=1S/C19H18ClFN5O4P.C12H12Cl2N3OP.C7H7FN2O3.C7H8O3S.C4H10O/c1-30-16-8-12(21)15(26(27)28)9-14(16)24-19-22-10-11(20)18(25-19)23-13-6-4-5-7-17(13)31(2,3)29;1-19(2,18)10-6-4-3-5-9(10)16-11-8(13)7-15-12(14)17-11;1-13-7-2-4(8)6(10(11)12)3-5(7)9;1-6-2-4-7(5-3-6)11(8,9)10;1-2-3-4-5/h4-10H,1-3H3,(H2,22,23,24,25);3-7H,1-2H3,(H,15,16,17);2-3H,9H2,1H3;2-5H,1H3,(H,8,9,10);5H,2-4H2,1H3. The molecule has 79 heavy (non-hydrogen) atoms. The fraction of sp³-hybridized carbons (Fsp3) is 0.224. The van der Waals surface area contributed by atoms with Gasteiger partial charge in [-0.2, -0.15) is 27.2 Å². The van der Waals surface area contributed by atoms with Gasteiger partial charge in [-0.1, -0.05) is 78.5 Å². The van der Waals surface area contributed by atoms with Crippen molar-refractivity contribution < 1.29 is 55.3 Å². The third-order valence-corrected chi connectivity index (χ3v) is 14.7. The lowest BCUT2D eigenvalue weighted by atomic mass is 10.2. The lowest BCUT2D eigenvalue weighted by Gasteiger charge is -2.16. The third-order valence-electron chi connectivity index (χ3n) is 9.97. The van der Waals surface area contributed by atoms with E-state index in [-0.39, 0.29) is 49.8 Å². The molecule has 0 aliphatic heterocycles. The number of aryl methyl sites for hydroxylation is 1. The lowest BCUT2D eigenvalue weighted by Crippen LogP contribution is -2.11. The summed E-state index contributed by atoms with van der Waals surface area (Å²) in [6.07, 6.45) is 4.78. The number of nitro groups is 2. The van der Waals surface area contributed by atoms with Crippen LogP contribution >= 0.6 is 49.1 Å². The molecule has 0 saturated carbocycles. The average molecular weight is 1210 g/mol. The van der Waals surface area contributed by atoms with Crippen LogP contribution in [0.3, 0.4) is 0 Å². The molecule has 0 unspecified atom stereocenters. The van der Waals surface area contributed by atoms with Crippen molar-refractivity contribution in [3.8, 4) is 11.5 Å². The number of methoxy groups -OCH3 is 2. The fourth-order valence-corrected chi connectivity index (χ4v) is 9.32. The van der Waals surface area contributed by atoms with E-state index < -0.39 is 57.3 Å². The second-order valence-corrected chi connectivity index (χ2v) is 25.7. The molecule has 2 heterocycles. The van der Waals surface area contributed by atoms with E-state index in [2.05, 4.69) is 47.5 Å². The summed E-state index contributed by atoms with van der Waals surface area (Å²) in [5, 5.41) is 40.2. The van der Waals surface area contributed by atoms with E-state index in [1.54, 1.807) is 63.1 Å². The zero-order chi connectivity index (χ0) is 59.4. The van der Waals surface area contributed by atoms with Gasteiger partial charge in [0.25, 0.3) is 10.1 Å². The Kier molecular flexibility index (Phi) is 25.4. The quantitative estimate of drug-likeness (QED) is 0.0139. The van der Waals surface area contributed by atoms with Crippen molar-refractivity contribution in [3.63, 3.8) is 0 Å². The number of nitro benzene ring substituents is 2. The van der Waals surface area contributed by atoms with Crippen molar-refractivity contribution in [2.75, 3.05) is 69.2 Å². The fourth-order valence-electron chi connectivity index (χ4n) is 6.12. The molecule has 0 aliphatic rings. The first kappa shape index (κ1) is 66.2. The number of halogens is 5. The highest BCUT2D eigenvalue weighted by molar-refractivity contribution is 7.85. The Morgan fingerprint density at radius 1 is 0.696 bits per heavy atom. The highest BCUT2D eigenvalue weighted by atomic mass is 35.5. The molecule has 0 spiro atoms. The molecule has 2 aromatic heterocycles. The molecule has 5 aromatic carbocycles. The molecule has 0 atom stereocenters. The number of nitrogens with zero attached hydrogens (tertiary/aromatic N) is 6. The summed E-state index contributed by atoms with van der Waals surface area (Å²) in [6, 6.07) is 24.1. The van der Waals surface area contributed by atoms with Crippen LogP contribution < -0.4 is 41.8 Å². The highest BCUT2D eigenvalue weighted by Gasteiger charge is 2.22. The number of rotatable bonds is 15. The van der Waals surface area contributed by atoms with Gasteiger partial charge in [0.05, 0.1) is 64.1 Å². The number of anilines is 7. The number of nitrogen functional groups attached to an aromatic ring is 1. The van der Waals surface area contributed by atoms with Gasteiger partial charge in [-0.25, -0.2) is 9.97 Å². The second kappa shape index (κ2) is 30.3. The van der Waals surface area contributed by atoms with Crippen molar-refractivity contribution in [2.24, 2.45) is 0 Å². The molecule has 0 radical (unpaired) electrons. The van der Waals surface area contributed by atoms with E-state index in [0.717, 1.165) is 48.0 Å². The van der Waals surface area contributed by atoms with E-state index >= 15 is 0 Å². The lowest BCUT2D eigenvalue weighted by molar-refractivity contribution is -0.387. The van der Waals surface area contributed by atoms with Crippen LogP contribution in [0.15, 0.2) is 114 Å². The van der Waals surface area contributed by atoms with E-state index in [0.29, 0.717) is 34.1 Å². The van der Waals surface area contributed by atoms with Gasteiger partial charge in [0.1, 0.15) is 35.8 Å². The van der Waals surface area contributed by atoms with Gasteiger partial charge in [0.2, 0.25) is 22.9 Å². The first-order valence-electron chi connectivity index (χ1n) is 22.7. The first-order valence-corrected chi connectivity index (χ1v) is 30.5. The Balaban J connectivity index is 0.000000290. The van der Waals surface area contributed by atoms with E-state index in [1.807, 2.05) is 31.2 Å². The highest BCUT2D eigenvalue weighted by Crippen LogP contribution is 2.40. The molecular formula is C49H55Cl3F2N10O12P2S. The number of aliphatic hydroxyl groups excluding tert-OH is 1. The Morgan fingerprint density at radius 2 is 1.15 bits per heavy atom. The SMILES string of the molecule is CCCCO.COc1cc(F)c([N+](=O)[O-])cc1N.COc1cc(F)c([N+](=O)[O-])cc1Nc1ncc(Cl)c(Nc2ccccc2P(C)(C)=O)n1.CP(C)(=O)c1ccccc1Nc1nc(Cl)ncc1Cl.Cc1ccc(S(=O)(=O)O)cc1. The number of benzene rings is 5. The van der Waals surface area contributed by atoms with Crippen molar-refractivity contribution in [3.05, 3.63) is 162 Å². The van der Waals surface area contributed by atoms with Crippen molar-refractivity contribution in [1.29, 1.82) is 0 Å². The summed E-state index contributed by atoms with van der Waals surface area (Å²) in [5.74, 6) is -1.25. The summed E-state index contributed by atoms with van der Waals surface area (Å²) in [4.78, 5) is 35.7. The van der Waals surface area contributed by atoms with Crippen LogP contribution in [0.25, 0.3) is 0 Å². The molecule has 7 N–H and O–H groups in total. The van der Waals surface area contributed by atoms with Gasteiger partial charge < -0.3 is 45.4 Å². The first-order chi connectivity index (χ1) is 36.9. The minimum Gasteiger partial charge on any atom is -0.494 e. The van der Waals surface area contributed by atoms with Gasteiger partial charge in [0.15, 0.2) is 11.6 Å². The summed E-state index contributed by atoms with van der Waals surface area (Å²) in [7, 11) is -6.41. The van der Waals surface area contributed by atoms with Crippen LogP contribution in [-0.4, -0.2) is 95.3 Å². The predicted molar refractivity (Wildman–Crippen MR) is 307 cm³/mol. The normalized spacial score (nSPS) is 10.8. The molecule has 0 amide bonds. The molecule has 22 nitrogen and oxygen atoms in total. The van der Waals surface area contributed by atoms with Crippen LogP contribution in [0.4, 0.5) is 60.5 Å². The zero-order valence-electron chi connectivity index (χ0n) is 43.4. The largest absolute Gasteiger partial charge is 0.494 e. The Labute approximate surface area is 468 Å². The molecule has 0 aliphatic carbocycles. The molecule has 0 fully saturated rings. The summed E-state index contributed by atoms with van der Waals surface area (Å²) in [6.45, 7) is 11.0. The minimum absolute atomic E-state index is 0.0272. The molecule has 7 rings (SSSR count). The van der Waals surface area contributed by atoms with Crippen molar-refractivity contribution in [2.45, 2.75) is 31.6 Å². The van der Waals surface area contributed by atoms with E-state index in [1.165, 1.54) is 38.7 Å². The number of hydrogen-bond acceptors (Lipinski definition) is 19. The number of nitrogens with two attached hydrogens (primary N) is 1. The second-order valence-electron chi connectivity index (χ2n) is 16.8. The maximum atomic E-state index is 13.9. The zero-order valence-corrected chi connectivity index (χ0v) is 48.3. The summed E-state index contributed by atoms with van der Waals surface area (Å²) >= 11 is 17.9. The van der Waals surface area contributed by atoms with Gasteiger partial charge in [-0.05, 0) is 88.0 Å². The van der Waals surface area contributed by atoms with Crippen LogP contribution in [-0.2, 0) is 19.2 Å². The molecule has 424 valence electrons. The van der Waals surface area contributed by atoms with Crippen molar-refractivity contribution >= 4 is 122 Å². The number of nitrogens with one attached hydrogen (secondary N) is 3. The number of ether oxygens (including phenoxy) is 2. The number of para-hydroxylation sites is 2. The maximum Gasteiger partial charge on any atom is 0.307 e. The number of hydrogen-bond donors (Lipinski definition) is 6. The number of aliphatic hydroxyl groups is 1. The third kappa shape index (κ3) is 20.9. The number of aromatic nitrogens is 4. The molecule has 0 saturated heterocycles. The molecule has 30 heteroatoms. The van der Waals surface area contributed by atoms with Crippen LogP contribution in [0.1, 0.15) is 25.3 Å². The van der Waals surface area contributed by atoms with Gasteiger partial charge in [-0.3, -0.25) is 24.8 Å². The van der Waals surface area contributed by atoms with Gasteiger partial charge in [-0.15, -0.1) is 0 Å². The van der Waals surface area contributed by atoms with Crippen LogP contribution in [0.2, 0.25) is 15.3 Å². The predicted octanol–water partition coefficient (Wildman–Crippen LogP) is 12.0.